The molecule has 104 valence electrons. The van der Waals surface area contributed by atoms with E-state index in [1.54, 1.807) is 12.2 Å². The molecule has 0 aromatic heterocycles. The molecule has 0 aromatic rings. The standard InChI is InChI=1S/C15H20O4/c1-3-5-6-13(4-2)19-15(18)12-9-7-11(8-10-12)14(16)17/h3-6,11-12H,2,7-10H2,1H3,(H,16,17)/b5-3-,13-6+. The van der Waals surface area contributed by atoms with Gasteiger partial charge in [-0.25, -0.2) is 0 Å². The molecule has 1 aliphatic carbocycles. The molecular formula is C15H20O4. The number of carbonyl (C=O) groups is 2. The zero-order valence-corrected chi connectivity index (χ0v) is 11.2. The smallest absolute Gasteiger partial charge is 0.314 e. The summed E-state index contributed by atoms with van der Waals surface area (Å²) in [5.74, 6) is -1.17. The average Bonchev–Trinajstić information content (AvgIpc) is 2.43. The van der Waals surface area contributed by atoms with E-state index in [4.69, 9.17) is 9.84 Å². The van der Waals surface area contributed by atoms with E-state index in [-0.39, 0.29) is 17.8 Å². The van der Waals surface area contributed by atoms with Gasteiger partial charge in [0.2, 0.25) is 0 Å². The Balaban J connectivity index is 2.51. The Bertz CT molecular complexity index is 398. The van der Waals surface area contributed by atoms with Crippen LogP contribution in [0.25, 0.3) is 0 Å². The van der Waals surface area contributed by atoms with Crippen LogP contribution in [0.2, 0.25) is 0 Å². The quantitative estimate of drug-likeness (QED) is 0.471. The summed E-state index contributed by atoms with van der Waals surface area (Å²) in [7, 11) is 0. The number of rotatable bonds is 5. The van der Waals surface area contributed by atoms with Gasteiger partial charge < -0.3 is 9.84 Å². The van der Waals surface area contributed by atoms with Gasteiger partial charge in [0, 0.05) is 0 Å². The van der Waals surface area contributed by atoms with Gasteiger partial charge in [-0.3, -0.25) is 9.59 Å². The van der Waals surface area contributed by atoms with Crippen molar-refractivity contribution in [2.75, 3.05) is 0 Å². The van der Waals surface area contributed by atoms with Crippen molar-refractivity contribution in [1.82, 2.24) is 0 Å². The van der Waals surface area contributed by atoms with Gasteiger partial charge in [-0.2, -0.15) is 0 Å². The van der Waals surface area contributed by atoms with E-state index in [2.05, 4.69) is 6.58 Å². The van der Waals surface area contributed by atoms with Gasteiger partial charge in [-0.15, -0.1) is 0 Å². The highest BCUT2D eigenvalue weighted by Gasteiger charge is 2.30. The highest BCUT2D eigenvalue weighted by molar-refractivity contribution is 5.75. The van der Waals surface area contributed by atoms with Crippen molar-refractivity contribution in [3.05, 3.63) is 36.6 Å². The lowest BCUT2D eigenvalue weighted by molar-refractivity contribution is -0.149. The van der Waals surface area contributed by atoms with Crippen LogP contribution in [0.15, 0.2) is 36.6 Å². The highest BCUT2D eigenvalue weighted by Crippen LogP contribution is 2.30. The molecule has 1 N–H and O–H groups in total. The lowest BCUT2D eigenvalue weighted by atomic mass is 9.82. The first-order chi connectivity index (χ1) is 9.08. The first-order valence-corrected chi connectivity index (χ1v) is 6.48. The summed E-state index contributed by atoms with van der Waals surface area (Å²) in [5, 5.41) is 8.90. The van der Waals surface area contributed by atoms with Crippen molar-refractivity contribution in [3.63, 3.8) is 0 Å². The molecule has 0 aliphatic heterocycles. The third-order valence-corrected chi connectivity index (χ3v) is 3.28. The molecule has 1 fully saturated rings. The Kier molecular flexibility index (Phi) is 6.06. The molecule has 1 aliphatic rings. The van der Waals surface area contributed by atoms with Crippen molar-refractivity contribution in [1.29, 1.82) is 0 Å². The van der Waals surface area contributed by atoms with E-state index < -0.39 is 5.97 Å². The Morgan fingerprint density at radius 1 is 1.21 bits per heavy atom. The van der Waals surface area contributed by atoms with Crippen LogP contribution in [-0.4, -0.2) is 17.0 Å². The molecule has 0 unspecified atom stereocenters. The second kappa shape index (κ2) is 7.56. The zero-order chi connectivity index (χ0) is 14.3. The van der Waals surface area contributed by atoms with Crippen LogP contribution in [0, 0.1) is 11.8 Å². The van der Waals surface area contributed by atoms with Crippen LogP contribution >= 0.6 is 0 Å². The molecule has 0 saturated heterocycles. The summed E-state index contributed by atoms with van der Waals surface area (Å²) >= 11 is 0. The maximum Gasteiger partial charge on any atom is 0.314 e. The fraction of sp³-hybridized carbons (Fsp3) is 0.467. The van der Waals surface area contributed by atoms with Crippen LogP contribution in [0.4, 0.5) is 0 Å². The Labute approximate surface area is 113 Å². The van der Waals surface area contributed by atoms with Crippen LogP contribution in [-0.2, 0) is 14.3 Å². The van der Waals surface area contributed by atoms with Crippen molar-refractivity contribution in [2.45, 2.75) is 32.6 Å². The fourth-order valence-electron chi connectivity index (χ4n) is 2.11. The molecule has 0 radical (unpaired) electrons. The highest BCUT2D eigenvalue weighted by atomic mass is 16.5. The predicted molar refractivity (Wildman–Crippen MR) is 72.3 cm³/mol. The van der Waals surface area contributed by atoms with E-state index in [1.807, 2.05) is 13.0 Å². The molecule has 0 atom stereocenters. The zero-order valence-electron chi connectivity index (χ0n) is 11.2. The van der Waals surface area contributed by atoms with Crippen molar-refractivity contribution < 1.29 is 19.4 Å². The minimum Gasteiger partial charge on any atom is -0.481 e. The summed E-state index contributed by atoms with van der Waals surface area (Å²) in [6.45, 7) is 5.46. The maximum absolute atomic E-state index is 11.9. The first-order valence-electron chi connectivity index (χ1n) is 6.48. The maximum atomic E-state index is 11.9. The summed E-state index contributed by atoms with van der Waals surface area (Å²) < 4.78 is 5.24. The summed E-state index contributed by atoms with van der Waals surface area (Å²) in [6, 6.07) is 0. The third-order valence-electron chi connectivity index (χ3n) is 3.28. The molecule has 0 amide bonds. The van der Waals surface area contributed by atoms with Crippen LogP contribution < -0.4 is 0 Å². The van der Waals surface area contributed by atoms with Crippen LogP contribution in [0.3, 0.4) is 0 Å². The molecule has 1 rings (SSSR count). The summed E-state index contributed by atoms with van der Waals surface area (Å²) in [6.07, 6.45) is 8.98. The molecule has 0 bridgehead atoms. The molecular weight excluding hydrogens is 244 g/mol. The van der Waals surface area contributed by atoms with Gasteiger partial charge in [0.25, 0.3) is 0 Å². The largest absolute Gasteiger partial charge is 0.481 e. The Morgan fingerprint density at radius 3 is 2.26 bits per heavy atom. The van der Waals surface area contributed by atoms with Crippen LogP contribution in [0.1, 0.15) is 32.6 Å². The van der Waals surface area contributed by atoms with Gasteiger partial charge in [0.05, 0.1) is 11.8 Å². The van der Waals surface area contributed by atoms with E-state index in [0.29, 0.717) is 31.4 Å². The Hall–Kier alpha value is -1.84. The number of hydrogen-bond acceptors (Lipinski definition) is 3. The van der Waals surface area contributed by atoms with Gasteiger partial charge in [-0.05, 0) is 44.8 Å². The lowest BCUT2D eigenvalue weighted by Gasteiger charge is -2.24. The van der Waals surface area contributed by atoms with E-state index in [9.17, 15) is 9.59 Å². The van der Waals surface area contributed by atoms with Crippen LogP contribution in [0.5, 0.6) is 0 Å². The molecule has 0 spiro atoms. The number of carboxylic acids is 1. The minimum atomic E-state index is -0.772. The number of aliphatic carboxylic acids is 1. The summed E-state index contributed by atoms with van der Waals surface area (Å²) in [4.78, 5) is 22.8. The number of hydrogen-bond donors (Lipinski definition) is 1. The SMILES string of the molecule is C=C/C(=C\C=C/C)OC(=O)C1CCC(C(=O)O)CC1. The number of esters is 1. The molecule has 0 heterocycles. The van der Waals surface area contributed by atoms with Gasteiger partial charge in [0.1, 0.15) is 5.76 Å². The lowest BCUT2D eigenvalue weighted by Crippen LogP contribution is -2.26. The average molecular weight is 264 g/mol. The van der Waals surface area contributed by atoms with E-state index in [0.717, 1.165) is 0 Å². The first kappa shape index (κ1) is 15.2. The van der Waals surface area contributed by atoms with Crippen molar-refractivity contribution >= 4 is 11.9 Å². The van der Waals surface area contributed by atoms with Crippen molar-refractivity contribution in [2.24, 2.45) is 11.8 Å². The number of allylic oxidation sites excluding steroid dienone is 4. The van der Waals surface area contributed by atoms with E-state index in [1.165, 1.54) is 6.08 Å². The monoisotopic (exact) mass is 264 g/mol. The fourth-order valence-corrected chi connectivity index (χ4v) is 2.11. The normalized spacial score (nSPS) is 24.2. The minimum absolute atomic E-state index is 0.204. The third kappa shape index (κ3) is 4.73. The number of carbonyl (C=O) groups excluding carboxylic acids is 1. The molecule has 1 saturated carbocycles. The van der Waals surface area contributed by atoms with Gasteiger partial charge in [0.15, 0.2) is 0 Å². The van der Waals surface area contributed by atoms with Crippen molar-refractivity contribution in [3.8, 4) is 0 Å². The van der Waals surface area contributed by atoms with Gasteiger partial charge >= 0.3 is 11.9 Å². The van der Waals surface area contributed by atoms with Gasteiger partial charge in [-0.1, -0.05) is 18.7 Å². The van der Waals surface area contributed by atoms with E-state index >= 15 is 0 Å². The summed E-state index contributed by atoms with van der Waals surface area (Å²) in [5.41, 5.74) is 0. The number of ether oxygens (including phenoxy) is 1. The topological polar surface area (TPSA) is 63.6 Å². The number of carboxylic acid groups (broad SMARTS) is 1. The second-order valence-corrected chi connectivity index (χ2v) is 4.61. The second-order valence-electron chi connectivity index (χ2n) is 4.61. The molecule has 4 nitrogen and oxygen atoms in total. The Morgan fingerprint density at radius 2 is 1.79 bits per heavy atom. The molecule has 4 heteroatoms. The molecule has 19 heavy (non-hydrogen) atoms. The molecule has 0 aromatic carbocycles. The predicted octanol–water partition coefficient (Wildman–Crippen LogP) is 3.07.